The molecule has 2 aromatic heterocycles. The second-order valence-corrected chi connectivity index (χ2v) is 3.43. The van der Waals surface area contributed by atoms with E-state index in [9.17, 15) is 10.0 Å². The van der Waals surface area contributed by atoms with Gasteiger partial charge in [-0.05, 0) is 23.8 Å². The second-order valence-electron chi connectivity index (χ2n) is 3.43. The predicted molar refractivity (Wildman–Crippen MR) is 63.0 cm³/mol. The Morgan fingerprint density at radius 1 is 1.29 bits per heavy atom. The number of ketones is 1. The van der Waals surface area contributed by atoms with E-state index >= 15 is 0 Å². The van der Waals surface area contributed by atoms with Crippen LogP contribution >= 0.6 is 0 Å². The summed E-state index contributed by atoms with van der Waals surface area (Å²) in [6.45, 7) is 0. The lowest BCUT2D eigenvalue weighted by atomic mass is 10.1. The molecule has 0 aliphatic rings. The third-order valence-corrected chi connectivity index (χ3v) is 2.20. The Balaban J connectivity index is 2.12. The van der Waals surface area contributed by atoms with Gasteiger partial charge in [0.05, 0.1) is 0 Å². The van der Waals surface area contributed by atoms with Gasteiger partial charge in [0.15, 0.2) is 18.2 Å². The molecule has 0 radical (unpaired) electrons. The van der Waals surface area contributed by atoms with Crippen LogP contribution in [0.3, 0.4) is 0 Å². The van der Waals surface area contributed by atoms with Gasteiger partial charge in [-0.25, -0.2) is 0 Å². The molecule has 0 N–H and O–H groups in total. The molecule has 17 heavy (non-hydrogen) atoms. The van der Waals surface area contributed by atoms with Gasteiger partial charge < -0.3 is 5.21 Å². The fraction of sp³-hybridized carbons (Fsp3) is 0. The fourth-order valence-electron chi connectivity index (χ4n) is 1.32. The molecule has 4 heteroatoms. The highest BCUT2D eigenvalue weighted by molar-refractivity contribution is 6.06. The summed E-state index contributed by atoms with van der Waals surface area (Å²) in [5.41, 5.74) is 1.34. The molecule has 4 nitrogen and oxygen atoms in total. The maximum absolute atomic E-state index is 11.7. The van der Waals surface area contributed by atoms with Crippen molar-refractivity contribution in [3.05, 3.63) is 71.5 Å². The Kier molecular flexibility index (Phi) is 3.25. The van der Waals surface area contributed by atoms with Gasteiger partial charge in [0.1, 0.15) is 0 Å². The lowest BCUT2D eigenvalue weighted by Crippen LogP contribution is -2.24. The molecule has 0 saturated heterocycles. The molecule has 2 heterocycles. The van der Waals surface area contributed by atoms with Crippen LogP contribution in [0.15, 0.2) is 55.1 Å². The first kappa shape index (κ1) is 11.0. The number of aromatic nitrogens is 2. The molecule has 0 fully saturated rings. The summed E-state index contributed by atoms with van der Waals surface area (Å²) in [6, 6.07) is 6.63. The molecule has 2 rings (SSSR count). The molecule has 0 aromatic carbocycles. The van der Waals surface area contributed by atoms with Crippen LogP contribution in [-0.2, 0) is 0 Å². The SMILES string of the molecule is O=C(/C=C\c1cccnc1)c1cc[n+]([O-])cc1. The van der Waals surface area contributed by atoms with Crippen LogP contribution in [0.2, 0.25) is 0 Å². The molecule has 0 unspecified atom stereocenters. The average Bonchev–Trinajstić information content (AvgIpc) is 2.38. The van der Waals surface area contributed by atoms with Gasteiger partial charge in [0, 0.05) is 30.1 Å². The quantitative estimate of drug-likeness (QED) is 0.346. The zero-order chi connectivity index (χ0) is 12.1. The molecular formula is C13H10N2O2. The van der Waals surface area contributed by atoms with E-state index in [1.165, 1.54) is 30.6 Å². The molecule has 0 aliphatic heterocycles. The average molecular weight is 226 g/mol. The number of carbonyl (C=O) groups excluding carboxylic acids is 1. The lowest BCUT2D eigenvalue weighted by Gasteiger charge is -1.96. The molecule has 0 spiro atoms. The number of hydrogen-bond donors (Lipinski definition) is 0. The number of hydrogen-bond acceptors (Lipinski definition) is 3. The van der Waals surface area contributed by atoms with Crippen LogP contribution in [0.4, 0.5) is 0 Å². The minimum absolute atomic E-state index is 0.144. The zero-order valence-electron chi connectivity index (χ0n) is 8.98. The van der Waals surface area contributed by atoms with Crippen molar-refractivity contribution in [1.82, 2.24) is 4.98 Å². The van der Waals surface area contributed by atoms with Crippen molar-refractivity contribution in [3.63, 3.8) is 0 Å². The van der Waals surface area contributed by atoms with E-state index in [1.54, 1.807) is 24.5 Å². The van der Waals surface area contributed by atoms with Gasteiger partial charge in [0.25, 0.3) is 0 Å². The van der Waals surface area contributed by atoms with Gasteiger partial charge in [-0.15, -0.1) is 0 Å². The summed E-state index contributed by atoms with van der Waals surface area (Å²) in [5.74, 6) is -0.144. The summed E-state index contributed by atoms with van der Waals surface area (Å²) in [6.07, 6.45) is 9.08. The summed E-state index contributed by atoms with van der Waals surface area (Å²) >= 11 is 0. The van der Waals surface area contributed by atoms with Crippen LogP contribution in [0, 0.1) is 5.21 Å². The van der Waals surface area contributed by atoms with E-state index in [0.717, 1.165) is 5.56 Å². The normalized spacial score (nSPS) is 10.6. The Morgan fingerprint density at radius 3 is 2.71 bits per heavy atom. The monoisotopic (exact) mass is 226 g/mol. The maximum Gasteiger partial charge on any atom is 0.186 e. The summed E-state index contributed by atoms with van der Waals surface area (Å²) in [7, 11) is 0. The van der Waals surface area contributed by atoms with E-state index in [1.807, 2.05) is 6.07 Å². The van der Waals surface area contributed by atoms with Crippen LogP contribution in [0.5, 0.6) is 0 Å². The Labute approximate surface area is 98.5 Å². The minimum Gasteiger partial charge on any atom is -0.619 e. The van der Waals surface area contributed by atoms with Crippen molar-refractivity contribution in [3.8, 4) is 0 Å². The van der Waals surface area contributed by atoms with Gasteiger partial charge in [0.2, 0.25) is 0 Å². The molecule has 0 bridgehead atoms. The smallest absolute Gasteiger partial charge is 0.186 e. The molecule has 0 atom stereocenters. The van der Waals surface area contributed by atoms with Gasteiger partial charge in [-0.3, -0.25) is 9.78 Å². The number of rotatable bonds is 3. The van der Waals surface area contributed by atoms with E-state index in [-0.39, 0.29) is 5.78 Å². The molecule has 0 saturated carbocycles. The standard InChI is InChI=1S/C13H10N2O2/c16-13(12-5-8-15(17)9-6-12)4-3-11-2-1-7-14-10-11/h1-10H/b4-3-. The third-order valence-electron chi connectivity index (χ3n) is 2.20. The predicted octanol–water partition coefficient (Wildman–Crippen LogP) is 1.61. The van der Waals surface area contributed by atoms with E-state index in [2.05, 4.69) is 4.98 Å². The molecule has 0 amide bonds. The maximum atomic E-state index is 11.7. The minimum atomic E-state index is -0.144. The van der Waals surface area contributed by atoms with E-state index in [4.69, 9.17) is 0 Å². The van der Waals surface area contributed by atoms with Gasteiger partial charge in [-0.2, -0.15) is 4.73 Å². The highest BCUT2D eigenvalue weighted by Gasteiger charge is 2.02. The zero-order valence-corrected chi connectivity index (χ0v) is 8.98. The van der Waals surface area contributed by atoms with Crippen molar-refractivity contribution in [2.45, 2.75) is 0 Å². The number of allylic oxidation sites excluding steroid dienone is 1. The fourth-order valence-corrected chi connectivity index (χ4v) is 1.32. The van der Waals surface area contributed by atoms with Crippen molar-refractivity contribution in [1.29, 1.82) is 0 Å². The first-order valence-corrected chi connectivity index (χ1v) is 5.07. The second kappa shape index (κ2) is 5.03. The number of nitrogens with zero attached hydrogens (tertiary/aromatic N) is 2. The van der Waals surface area contributed by atoms with Crippen LogP contribution in [0.1, 0.15) is 15.9 Å². The first-order chi connectivity index (χ1) is 8.25. The van der Waals surface area contributed by atoms with Crippen molar-refractivity contribution < 1.29 is 9.52 Å². The first-order valence-electron chi connectivity index (χ1n) is 5.07. The molecular weight excluding hydrogens is 216 g/mol. The summed E-state index contributed by atoms with van der Waals surface area (Å²) in [5, 5.41) is 10.8. The Morgan fingerprint density at radius 2 is 2.06 bits per heavy atom. The van der Waals surface area contributed by atoms with Crippen molar-refractivity contribution in [2.24, 2.45) is 0 Å². The van der Waals surface area contributed by atoms with Crippen LogP contribution in [-0.4, -0.2) is 10.8 Å². The van der Waals surface area contributed by atoms with E-state index < -0.39 is 0 Å². The summed E-state index contributed by atoms with van der Waals surface area (Å²) in [4.78, 5) is 15.7. The topological polar surface area (TPSA) is 56.9 Å². The molecule has 84 valence electrons. The number of pyridine rings is 2. The van der Waals surface area contributed by atoms with Crippen molar-refractivity contribution >= 4 is 11.9 Å². The van der Waals surface area contributed by atoms with Crippen molar-refractivity contribution in [2.75, 3.05) is 0 Å². The van der Waals surface area contributed by atoms with Crippen LogP contribution in [0.25, 0.3) is 6.08 Å². The highest BCUT2D eigenvalue weighted by Crippen LogP contribution is 2.03. The van der Waals surface area contributed by atoms with Gasteiger partial charge in [-0.1, -0.05) is 6.07 Å². The molecule has 0 aliphatic carbocycles. The van der Waals surface area contributed by atoms with E-state index in [0.29, 0.717) is 10.3 Å². The lowest BCUT2D eigenvalue weighted by molar-refractivity contribution is -0.605. The highest BCUT2D eigenvalue weighted by atomic mass is 16.5. The largest absolute Gasteiger partial charge is 0.619 e. The van der Waals surface area contributed by atoms with Gasteiger partial charge >= 0.3 is 0 Å². The summed E-state index contributed by atoms with van der Waals surface area (Å²) < 4.78 is 0.640. The Bertz CT molecular complexity index is 533. The molecule has 2 aromatic rings. The third kappa shape index (κ3) is 2.98. The number of carbonyl (C=O) groups is 1. The van der Waals surface area contributed by atoms with Crippen LogP contribution < -0.4 is 4.73 Å². The Hall–Kier alpha value is -2.49.